The van der Waals surface area contributed by atoms with E-state index in [1.165, 1.54) is 51.1 Å². The number of hydrogen-bond acceptors (Lipinski definition) is 9. The number of fused-ring (bicyclic) bond motifs is 1. The highest BCUT2D eigenvalue weighted by molar-refractivity contribution is 8.03. The third kappa shape index (κ3) is 5.22. The quantitative estimate of drug-likeness (QED) is 0.636. The van der Waals surface area contributed by atoms with Crippen molar-refractivity contribution >= 4 is 63.0 Å². The molecule has 0 aromatic carbocycles. The Kier molecular flexibility index (Phi) is 6.75. The third-order valence-corrected chi connectivity index (χ3v) is 8.31. The highest BCUT2D eigenvalue weighted by Crippen LogP contribution is 2.39. The standard InChI is InChI=1S/C16H17N5O2S4/c1-8-2-3-9-10(5-17)14(26-11(9)4-8)19-13(23)7-25-16-21-20-15(27-16)24-6-12(18)22/h8H,2-4,6-7H2,1H3,(H2,18,22)(H,19,23). The molecule has 0 saturated carbocycles. The fourth-order valence-corrected chi connectivity index (χ4v) is 6.63. The first-order valence-electron chi connectivity index (χ1n) is 8.18. The number of hydrogen-bond donors (Lipinski definition) is 2. The normalized spacial score (nSPS) is 15.8. The van der Waals surface area contributed by atoms with E-state index >= 15 is 0 Å². The number of thiophene rings is 1. The summed E-state index contributed by atoms with van der Waals surface area (Å²) in [5.74, 6) is 0.354. The molecule has 11 heteroatoms. The maximum absolute atomic E-state index is 12.3. The maximum Gasteiger partial charge on any atom is 0.235 e. The molecule has 0 fully saturated rings. The van der Waals surface area contributed by atoms with E-state index in [-0.39, 0.29) is 17.4 Å². The van der Waals surface area contributed by atoms with Crippen LogP contribution in [-0.2, 0) is 22.4 Å². The number of nitrogens with zero attached hydrogens (tertiary/aromatic N) is 3. The molecule has 0 aliphatic heterocycles. The summed E-state index contributed by atoms with van der Waals surface area (Å²) in [5.41, 5.74) is 6.82. The number of primary amides is 1. The van der Waals surface area contributed by atoms with Crippen molar-refractivity contribution in [3.05, 3.63) is 16.0 Å². The molecular weight excluding hydrogens is 422 g/mol. The second kappa shape index (κ2) is 9.05. The molecule has 27 heavy (non-hydrogen) atoms. The predicted molar refractivity (Wildman–Crippen MR) is 109 cm³/mol. The van der Waals surface area contributed by atoms with E-state index in [4.69, 9.17) is 5.73 Å². The second-order valence-electron chi connectivity index (χ2n) is 6.09. The molecule has 0 spiro atoms. The van der Waals surface area contributed by atoms with Gasteiger partial charge in [0, 0.05) is 4.88 Å². The van der Waals surface area contributed by atoms with Crippen LogP contribution in [0.3, 0.4) is 0 Å². The van der Waals surface area contributed by atoms with Gasteiger partial charge < -0.3 is 11.1 Å². The van der Waals surface area contributed by atoms with Gasteiger partial charge in [0.2, 0.25) is 11.8 Å². The van der Waals surface area contributed by atoms with Crippen LogP contribution < -0.4 is 11.1 Å². The summed E-state index contributed by atoms with van der Waals surface area (Å²) >= 11 is 5.34. The minimum Gasteiger partial charge on any atom is -0.369 e. The van der Waals surface area contributed by atoms with E-state index < -0.39 is 5.91 Å². The Morgan fingerprint density at radius 3 is 2.67 bits per heavy atom. The Morgan fingerprint density at radius 2 is 2.00 bits per heavy atom. The summed E-state index contributed by atoms with van der Waals surface area (Å²) in [6, 6.07) is 2.25. The van der Waals surface area contributed by atoms with Crippen LogP contribution in [0.25, 0.3) is 0 Å². The van der Waals surface area contributed by atoms with Gasteiger partial charge in [-0.15, -0.1) is 21.5 Å². The molecule has 0 radical (unpaired) electrons. The number of rotatable bonds is 7. The largest absolute Gasteiger partial charge is 0.369 e. The van der Waals surface area contributed by atoms with E-state index in [1.807, 2.05) is 0 Å². The molecule has 3 rings (SSSR count). The van der Waals surface area contributed by atoms with Crippen molar-refractivity contribution < 1.29 is 9.59 Å². The summed E-state index contributed by atoms with van der Waals surface area (Å²) in [6.45, 7) is 2.21. The van der Waals surface area contributed by atoms with Crippen LogP contribution in [0.5, 0.6) is 0 Å². The molecule has 2 aromatic heterocycles. The molecule has 7 nitrogen and oxygen atoms in total. The average molecular weight is 440 g/mol. The Balaban J connectivity index is 1.57. The van der Waals surface area contributed by atoms with Gasteiger partial charge in [-0.2, -0.15) is 5.26 Å². The highest BCUT2D eigenvalue weighted by atomic mass is 32.2. The van der Waals surface area contributed by atoms with Gasteiger partial charge in [-0.25, -0.2) is 0 Å². The number of amides is 2. The van der Waals surface area contributed by atoms with E-state index in [0.717, 1.165) is 24.8 Å². The van der Waals surface area contributed by atoms with Gasteiger partial charge in [0.05, 0.1) is 17.1 Å². The van der Waals surface area contributed by atoms with Crippen LogP contribution in [0.15, 0.2) is 8.68 Å². The van der Waals surface area contributed by atoms with Crippen molar-refractivity contribution in [1.29, 1.82) is 5.26 Å². The zero-order chi connectivity index (χ0) is 19.4. The van der Waals surface area contributed by atoms with Crippen LogP contribution in [0.4, 0.5) is 5.00 Å². The van der Waals surface area contributed by atoms with Crippen LogP contribution in [0.1, 0.15) is 29.3 Å². The molecule has 2 aromatic rings. The van der Waals surface area contributed by atoms with Gasteiger partial charge in [-0.1, -0.05) is 41.8 Å². The molecule has 1 aliphatic carbocycles. The number of aromatic nitrogens is 2. The number of carbonyl (C=O) groups is 2. The molecule has 0 bridgehead atoms. The summed E-state index contributed by atoms with van der Waals surface area (Å²) in [7, 11) is 0. The molecule has 0 saturated heterocycles. The molecule has 142 valence electrons. The lowest BCUT2D eigenvalue weighted by molar-refractivity contribution is -0.115. The zero-order valence-electron chi connectivity index (χ0n) is 14.5. The van der Waals surface area contributed by atoms with Gasteiger partial charge in [-0.05, 0) is 30.7 Å². The molecule has 1 atom stereocenters. The number of nitrogens with two attached hydrogens (primary N) is 1. The van der Waals surface area contributed by atoms with Crippen molar-refractivity contribution in [3.63, 3.8) is 0 Å². The minimum absolute atomic E-state index is 0.151. The summed E-state index contributed by atoms with van der Waals surface area (Å²) < 4.78 is 1.29. The average Bonchev–Trinajstić information content (AvgIpc) is 3.21. The Hall–Kier alpha value is -1.61. The fourth-order valence-electron chi connectivity index (χ4n) is 2.69. The molecule has 1 aliphatic rings. The molecule has 1 unspecified atom stereocenters. The van der Waals surface area contributed by atoms with Crippen molar-refractivity contribution in [2.45, 2.75) is 34.9 Å². The van der Waals surface area contributed by atoms with E-state index in [9.17, 15) is 14.9 Å². The predicted octanol–water partition coefficient (Wildman–Crippen LogP) is 2.90. The van der Waals surface area contributed by atoms with Crippen molar-refractivity contribution in [1.82, 2.24) is 10.2 Å². The first kappa shape index (κ1) is 20.1. The topological polar surface area (TPSA) is 122 Å². The minimum atomic E-state index is -0.412. The molecular formula is C16H17N5O2S4. The monoisotopic (exact) mass is 439 g/mol. The lowest BCUT2D eigenvalue weighted by atomic mass is 9.89. The van der Waals surface area contributed by atoms with Gasteiger partial charge in [0.25, 0.3) is 0 Å². The number of nitriles is 1. The van der Waals surface area contributed by atoms with Gasteiger partial charge >= 0.3 is 0 Å². The number of thioether (sulfide) groups is 2. The summed E-state index contributed by atoms with van der Waals surface area (Å²) in [4.78, 5) is 24.3. The van der Waals surface area contributed by atoms with E-state index in [1.54, 1.807) is 0 Å². The second-order valence-corrected chi connectivity index (χ2v) is 10.6. The molecule has 2 amide bonds. The summed E-state index contributed by atoms with van der Waals surface area (Å²) in [5, 5.41) is 21.0. The maximum atomic E-state index is 12.3. The van der Waals surface area contributed by atoms with Crippen molar-refractivity contribution in [2.75, 3.05) is 16.8 Å². The Morgan fingerprint density at radius 1 is 1.30 bits per heavy atom. The smallest absolute Gasteiger partial charge is 0.235 e. The Labute approximate surface area is 173 Å². The van der Waals surface area contributed by atoms with Gasteiger partial charge in [-0.3, -0.25) is 9.59 Å². The SMILES string of the molecule is CC1CCc2c(sc(NC(=O)CSc3nnc(SCC(N)=O)s3)c2C#N)C1. The lowest BCUT2D eigenvalue weighted by Gasteiger charge is -2.17. The van der Waals surface area contributed by atoms with Gasteiger partial charge in [0.15, 0.2) is 8.68 Å². The number of anilines is 1. The van der Waals surface area contributed by atoms with Crippen LogP contribution in [-0.4, -0.2) is 33.5 Å². The first-order chi connectivity index (χ1) is 13.0. The van der Waals surface area contributed by atoms with Crippen LogP contribution >= 0.6 is 46.2 Å². The molecule has 2 heterocycles. The first-order valence-corrected chi connectivity index (χ1v) is 11.8. The van der Waals surface area contributed by atoms with Gasteiger partial charge in [0.1, 0.15) is 11.1 Å². The van der Waals surface area contributed by atoms with Crippen LogP contribution in [0, 0.1) is 17.2 Å². The van der Waals surface area contributed by atoms with Crippen LogP contribution in [0.2, 0.25) is 0 Å². The van der Waals surface area contributed by atoms with Crippen molar-refractivity contribution in [3.8, 4) is 6.07 Å². The highest BCUT2D eigenvalue weighted by Gasteiger charge is 2.24. The van der Waals surface area contributed by atoms with E-state index in [0.29, 0.717) is 25.2 Å². The Bertz CT molecular complexity index is 901. The fraction of sp³-hybridized carbons (Fsp3) is 0.438. The lowest BCUT2D eigenvalue weighted by Crippen LogP contribution is -2.14. The van der Waals surface area contributed by atoms with Crippen molar-refractivity contribution in [2.24, 2.45) is 11.7 Å². The number of nitrogens with one attached hydrogen (secondary N) is 1. The third-order valence-electron chi connectivity index (χ3n) is 3.93. The number of carbonyl (C=O) groups excluding carboxylic acids is 2. The zero-order valence-corrected chi connectivity index (χ0v) is 17.7. The summed E-state index contributed by atoms with van der Waals surface area (Å²) in [6.07, 6.45) is 2.95. The van der Waals surface area contributed by atoms with E-state index in [2.05, 4.69) is 28.5 Å². The molecule has 3 N–H and O–H groups in total.